The van der Waals surface area contributed by atoms with Crippen LogP contribution in [0.3, 0.4) is 0 Å². The Labute approximate surface area is 71.2 Å². The quantitative estimate of drug-likeness (QED) is 0.415. The van der Waals surface area contributed by atoms with Crippen LogP contribution in [0.5, 0.6) is 0 Å². The molecular weight excluding hydrogens is 194 g/mol. The molecule has 3 nitrogen and oxygen atoms in total. The molecule has 0 rings (SSSR count). The summed E-state index contributed by atoms with van der Waals surface area (Å²) in [5, 5.41) is 0. The fourth-order valence-corrected chi connectivity index (χ4v) is 0.429. The predicted molar refractivity (Wildman–Crippen MR) is 35.0 cm³/mol. The number of allylic oxidation sites excluding steroid dienone is 1. The topological polar surface area (TPSA) is 52.3 Å². The monoisotopic (exact) mass is 201 g/mol. The van der Waals surface area contributed by atoms with E-state index in [1.807, 2.05) is 0 Å². The Balaban J connectivity index is 4.72. The minimum atomic E-state index is -5.06. The third-order valence-electron chi connectivity index (χ3n) is 0.997. The van der Waals surface area contributed by atoms with Gasteiger partial charge in [0.15, 0.2) is 5.70 Å². The minimum Gasteiger partial charge on any atom is -0.461 e. The second kappa shape index (κ2) is 4.11. The second-order valence-corrected chi connectivity index (χ2v) is 1.95. The second-order valence-electron chi connectivity index (χ2n) is 1.95. The molecule has 13 heavy (non-hydrogen) atoms. The number of carbonyl (C=O) groups excluding carboxylic acids is 1. The molecule has 76 valence electrons. The normalized spacial score (nSPS) is 13.6. The molecule has 0 amide bonds. The van der Waals surface area contributed by atoms with Crippen molar-refractivity contribution in [3.8, 4) is 0 Å². The van der Waals surface area contributed by atoms with Crippen LogP contribution in [-0.2, 0) is 9.53 Å². The van der Waals surface area contributed by atoms with Gasteiger partial charge in [0.2, 0.25) is 5.83 Å². The largest absolute Gasteiger partial charge is 0.461 e. The molecule has 2 N–H and O–H groups in total. The van der Waals surface area contributed by atoms with E-state index in [1.54, 1.807) is 0 Å². The summed E-state index contributed by atoms with van der Waals surface area (Å²) in [6.07, 6.45) is -5.06. The molecule has 0 saturated heterocycles. The van der Waals surface area contributed by atoms with Crippen LogP contribution in [0.4, 0.5) is 17.6 Å². The molecule has 0 saturated carbocycles. The maximum atomic E-state index is 12.4. The molecule has 0 bridgehead atoms. The minimum absolute atomic E-state index is 0.225. The van der Waals surface area contributed by atoms with Crippen LogP contribution in [0, 0.1) is 0 Å². The van der Waals surface area contributed by atoms with Crippen LogP contribution in [0.2, 0.25) is 0 Å². The van der Waals surface area contributed by atoms with E-state index in [2.05, 4.69) is 10.5 Å². The predicted octanol–water partition coefficient (Wildman–Crippen LogP) is 1.25. The van der Waals surface area contributed by atoms with Crippen molar-refractivity contribution >= 4 is 5.97 Å². The SMILES string of the molecule is CCOC(=O)C(F)=C(N)C(F)(F)F. The van der Waals surface area contributed by atoms with Crippen LogP contribution < -0.4 is 5.73 Å². The lowest BCUT2D eigenvalue weighted by molar-refractivity contribution is -0.142. The zero-order valence-corrected chi connectivity index (χ0v) is 6.61. The summed E-state index contributed by atoms with van der Waals surface area (Å²) in [6.45, 7) is 1.10. The Kier molecular flexibility index (Phi) is 3.70. The average molecular weight is 201 g/mol. The van der Waals surface area contributed by atoms with Crippen molar-refractivity contribution in [2.75, 3.05) is 6.61 Å². The van der Waals surface area contributed by atoms with E-state index >= 15 is 0 Å². The fourth-order valence-electron chi connectivity index (χ4n) is 0.429. The van der Waals surface area contributed by atoms with Crippen LogP contribution in [0.25, 0.3) is 0 Å². The van der Waals surface area contributed by atoms with Crippen molar-refractivity contribution in [2.45, 2.75) is 13.1 Å². The van der Waals surface area contributed by atoms with Gasteiger partial charge in [0, 0.05) is 0 Å². The number of alkyl halides is 3. The van der Waals surface area contributed by atoms with Crippen molar-refractivity contribution in [3.63, 3.8) is 0 Å². The smallest absolute Gasteiger partial charge is 0.433 e. The zero-order chi connectivity index (χ0) is 10.6. The summed E-state index contributed by atoms with van der Waals surface area (Å²) in [5.74, 6) is -3.83. The van der Waals surface area contributed by atoms with Crippen molar-refractivity contribution in [2.24, 2.45) is 5.73 Å². The van der Waals surface area contributed by atoms with Gasteiger partial charge in [-0.15, -0.1) is 0 Å². The van der Waals surface area contributed by atoms with Crippen LogP contribution in [-0.4, -0.2) is 18.8 Å². The van der Waals surface area contributed by atoms with Gasteiger partial charge >= 0.3 is 12.1 Å². The van der Waals surface area contributed by atoms with Crippen LogP contribution >= 0.6 is 0 Å². The summed E-state index contributed by atoms with van der Waals surface area (Å²) in [5.41, 5.74) is 2.23. The van der Waals surface area contributed by atoms with Crippen molar-refractivity contribution < 1.29 is 27.1 Å². The van der Waals surface area contributed by atoms with Crippen LogP contribution in [0.15, 0.2) is 11.5 Å². The van der Waals surface area contributed by atoms with E-state index < -0.39 is 23.7 Å². The van der Waals surface area contributed by atoms with Gasteiger partial charge in [-0.1, -0.05) is 0 Å². The Morgan fingerprint density at radius 3 is 2.23 bits per heavy atom. The number of esters is 1. The molecule has 0 spiro atoms. The first-order valence-electron chi connectivity index (χ1n) is 3.20. The molecule has 0 radical (unpaired) electrons. The number of nitrogens with two attached hydrogens (primary N) is 1. The molecule has 0 unspecified atom stereocenters. The van der Waals surface area contributed by atoms with Gasteiger partial charge in [-0.3, -0.25) is 0 Å². The Morgan fingerprint density at radius 2 is 1.92 bits per heavy atom. The summed E-state index contributed by atoms with van der Waals surface area (Å²) in [4.78, 5) is 10.4. The first-order chi connectivity index (χ1) is 5.80. The zero-order valence-electron chi connectivity index (χ0n) is 6.61. The van der Waals surface area contributed by atoms with E-state index in [0.717, 1.165) is 0 Å². The van der Waals surface area contributed by atoms with Gasteiger partial charge in [-0.25, -0.2) is 4.79 Å². The van der Waals surface area contributed by atoms with E-state index in [0.29, 0.717) is 0 Å². The molecule has 0 fully saturated rings. The maximum Gasteiger partial charge on any atom is 0.433 e. The van der Waals surface area contributed by atoms with Gasteiger partial charge in [-0.2, -0.15) is 17.6 Å². The number of hydrogen-bond acceptors (Lipinski definition) is 3. The lowest BCUT2D eigenvalue weighted by Gasteiger charge is -2.07. The van der Waals surface area contributed by atoms with Gasteiger partial charge in [0.1, 0.15) is 0 Å². The number of halogens is 4. The molecule has 7 heteroatoms. The van der Waals surface area contributed by atoms with Gasteiger partial charge in [0.05, 0.1) is 6.61 Å². The van der Waals surface area contributed by atoms with E-state index in [1.165, 1.54) is 6.92 Å². The molecule has 0 aromatic rings. The molecule has 0 heterocycles. The van der Waals surface area contributed by atoms with Crippen molar-refractivity contribution in [3.05, 3.63) is 11.5 Å². The molecule has 0 aromatic heterocycles. The highest BCUT2D eigenvalue weighted by molar-refractivity contribution is 5.86. The number of ether oxygens (including phenoxy) is 1. The van der Waals surface area contributed by atoms with Crippen molar-refractivity contribution in [1.29, 1.82) is 0 Å². The fraction of sp³-hybridized carbons (Fsp3) is 0.500. The Morgan fingerprint density at radius 1 is 1.46 bits per heavy atom. The molecule has 0 aromatic carbocycles. The van der Waals surface area contributed by atoms with Gasteiger partial charge in [-0.05, 0) is 6.92 Å². The first-order valence-corrected chi connectivity index (χ1v) is 3.20. The third kappa shape index (κ3) is 3.30. The highest BCUT2D eigenvalue weighted by Crippen LogP contribution is 2.24. The Hall–Kier alpha value is -1.27. The summed E-state index contributed by atoms with van der Waals surface area (Å²) < 4.78 is 51.4. The van der Waals surface area contributed by atoms with E-state index in [9.17, 15) is 22.4 Å². The maximum absolute atomic E-state index is 12.4. The summed E-state index contributed by atoms with van der Waals surface area (Å²) >= 11 is 0. The molecule has 0 aliphatic carbocycles. The summed E-state index contributed by atoms with van der Waals surface area (Å²) in [6, 6.07) is 0. The Bertz CT molecular complexity index is 233. The van der Waals surface area contributed by atoms with Crippen molar-refractivity contribution in [1.82, 2.24) is 0 Å². The highest BCUT2D eigenvalue weighted by atomic mass is 19.4. The molecule has 0 atom stereocenters. The average Bonchev–Trinajstić information content (AvgIpc) is 2.00. The molecule has 0 aliphatic rings. The van der Waals surface area contributed by atoms with E-state index in [4.69, 9.17) is 0 Å². The van der Waals surface area contributed by atoms with E-state index in [-0.39, 0.29) is 6.61 Å². The lowest BCUT2D eigenvalue weighted by atomic mass is 10.4. The number of carbonyl (C=O) groups is 1. The summed E-state index contributed by atoms with van der Waals surface area (Å²) in [7, 11) is 0. The number of hydrogen-bond donors (Lipinski definition) is 1. The third-order valence-corrected chi connectivity index (χ3v) is 0.997. The highest BCUT2D eigenvalue weighted by Gasteiger charge is 2.37. The standard InChI is InChI=1S/C6H7F4NO2/c1-2-13-5(12)3(7)4(11)6(8,9)10/h2,11H2,1H3. The molecular formula is C6H7F4NO2. The van der Waals surface area contributed by atoms with Crippen LogP contribution in [0.1, 0.15) is 6.92 Å². The molecule has 0 aliphatic heterocycles. The van der Waals surface area contributed by atoms with Gasteiger partial charge in [0.25, 0.3) is 0 Å². The lowest BCUT2D eigenvalue weighted by Crippen LogP contribution is -2.24. The first kappa shape index (κ1) is 11.7. The van der Waals surface area contributed by atoms with Gasteiger partial charge < -0.3 is 10.5 Å². The number of rotatable bonds is 2.